The molecule has 2 aromatic heterocycles. The summed E-state index contributed by atoms with van der Waals surface area (Å²) in [6.45, 7) is 3.41. The molecule has 3 aromatic rings. The SMILES string of the molecule is CC1=Nc2ccc(-c3cncc4c3CCCN(C(=O)c3cnn(C)c3)C4)cc2CC1. The second-order valence-corrected chi connectivity index (χ2v) is 8.25. The molecule has 152 valence electrons. The predicted molar refractivity (Wildman–Crippen MR) is 117 cm³/mol. The van der Waals surface area contributed by atoms with Crippen molar-refractivity contribution >= 4 is 17.3 Å². The molecular formula is C24H25N5O. The highest BCUT2D eigenvalue weighted by atomic mass is 16.2. The van der Waals surface area contributed by atoms with Crippen molar-refractivity contribution in [2.24, 2.45) is 12.0 Å². The second-order valence-electron chi connectivity index (χ2n) is 8.25. The van der Waals surface area contributed by atoms with Crippen molar-refractivity contribution in [1.82, 2.24) is 19.7 Å². The third-order valence-corrected chi connectivity index (χ3v) is 6.06. The first-order chi connectivity index (χ1) is 14.6. The van der Waals surface area contributed by atoms with Crippen LogP contribution in [0.15, 0.2) is 48.0 Å². The highest BCUT2D eigenvalue weighted by molar-refractivity contribution is 5.93. The Morgan fingerprint density at radius 2 is 1.97 bits per heavy atom. The number of benzene rings is 1. The summed E-state index contributed by atoms with van der Waals surface area (Å²) in [5.74, 6) is 0.0309. The Kier molecular flexibility index (Phi) is 4.69. The molecule has 4 heterocycles. The maximum absolute atomic E-state index is 13.0. The molecule has 1 aromatic carbocycles. The zero-order valence-corrected chi connectivity index (χ0v) is 17.4. The molecule has 0 fully saturated rings. The van der Waals surface area contributed by atoms with Crippen LogP contribution in [0.3, 0.4) is 0 Å². The summed E-state index contributed by atoms with van der Waals surface area (Å²) in [7, 11) is 1.83. The summed E-state index contributed by atoms with van der Waals surface area (Å²) in [4.78, 5) is 24.1. The molecule has 0 N–H and O–H groups in total. The number of pyridine rings is 1. The zero-order valence-electron chi connectivity index (χ0n) is 17.4. The summed E-state index contributed by atoms with van der Waals surface area (Å²) in [6, 6.07) is 6.55. The topological polar surface area (TPSA) is 63.4 Å². The molecule has 6 heteroatoms. The van der Waals surface area contributed by atoms with Crippen molar-refractivity contribution in [2.45, 2.75) is 39.2 Å². The quantitative estimate of drug-likeness (QED) is 0.651. The number of hydrogen-bond donors (Lipinski definition) is 0. The second kappa shape index (κ2) is 7.52. The fraction of sp³-hybridized carbons (Fsp3) is 0.333. The molecule has 0 spiro atoms. The van der Waals surface area contributed by atoms with Crippen LogP contribution in [0, 0.1) is 0 Å². The van der Waals surface area contributed by atoms with Crippen LogP contribution in [0.2, 0.25) is 0 Å². The van der Waals surface area contributed by atoms with Crippen molar-refractivity contribution < 1.29 is 4.79 Å². The van der Waals surface area contributed by atoms with Crippen LogP contribution in [0.5, 0.6) is 0 Å². The van der Waals surface area contributed by atoms with E-state index in [1.807, 2.05) is 24.3 Å². The van der Waals surface area contributed by atoms with E-state index in [9.17, 15) is 4.79 Å². The average molecular weight is 399 g/mol. The van der Waals surface area contributed by atoms with Gasteiger partial charge < -0.3 is 4.90 Å². The van der Waals surface area contributed by atoms with E-state index in [2.05, 4.69) is 35.2 Å². The highest BCUT2D eigenvalue weighted by Gasteiger charge is 2.23. The standard InChI is InChI=1S/C24H25N5O/c1-16-5-6-18-10-17(7-8-23(18)27-16)22-13-25-11-19-15-29(9-3-4-21(19)22)24(30)20-12-26-28(2)14-20/h7-8,10-14H,3-6,9,15H2,1-2H3. The number of aromatic nitrogens is 3. The van der Waals surface area contributed by atoms with Crippen LogP contribution in [-0.2, 0) is 26.4 Å². The average Bonchev–Trinajstić information content (AvgIpc) is 3.06. The summed E-state index contributed by atoms with van der Waals surface area (Å²) in [5.41, 5.74) is 9.04. The molecule has 5 rings (SSSR count). The van der Waals surface area contributed by atoms with Crippen LogP contribution in [0.4, 0.5) is 5.69 Å². The highest BCUT2D eigenvalue weighted by Crippen LogP contribution is 2.34. The smallest absolute Gasteiger partial charge is 0.257 e. The third-order valence-electron chi connectivity index (χ3n) is 6.06. The zero-order chi connectivity index (χ0) is 20.7. The van der Waals surface area contributed by atoms with Crippen LogP contribution >= 0.6 is 0 Å². The minimum Gasteiger partial charge on any atom is -0.334 e. The lowest BCUT2D eigenvalue weighted by Gasteiger charge is -2.20. The first-order valence-corrected chi connectivity index (χ1v) is 10.5. The first-order valence-electron chi connectivity index (χ1n) is 10.5. The molecule has 0 saturated carbocycles. The fourth-order valence-corrected chi connectivity index (χ4v) is 4.47. The number of fused-ring (bicyclic) bond motifs is 2. The molecule has 30 heavy (non-hydrogen) atoms. The van der Waals surface area contributed by atoms with E-state index in [1.54, 1.807) is 17.1 Å². The van der Waals surface area contributed by atoms with Gasteiger partial charge in [-0.1, -0.05) is 6.07 Å². The number of aryl methyl sites for hydroxylation is 2. The maximum atomic E-state index is 13.0. The van der Waals surface area contributed by atoms with Gasteiger partial charge in [0.25, 0.3) is 5.91 Å². The molecular weight excluding hydrogens is 374 g/mol. The van der Waals surface area contributed by atoms with Gasteiger partial charge in [0.2, 0.25) is 0 Å². The van der Waals surface area contributed by atoms with Gasteiger partial charge >= 0.3 is 0 Å². The molecule has 0 bridgehead atoms. The molecule has 6 nitrogen and oxygen atoms in total. The molecule has 0 aliphatic carbocycles. The lowest BCUT2D eigenvalue weighted by atomic mass is 9.92. The monoisotopic (exact) mass is 399 g/mol. The van der Waals surface area contributed by atoms with E-state index in [0.29, 0.717) is 12.1 Å². The number of nitrogens with zero attached hydrogens (tertiary/aromatic N) is 5. The molecule has 0 saturated heterocycles. The van der Waals surface area contributed by atoms with Crippen LogP contribution in [-0.4, -0.2) is 37.8 Å². The normalized spacial score (nSPS) is 15.8. The van der Waals surface area contributed by atoms with E-state index in [4.69, 9.17) is 4.99 Å². The predicted octanol–water partition coefficient (Wildman–Crippen LogP) is 4.11. The van der Waals surface area contributed by atoms with Gasteiger partial charge in [0.1, 0.15) is 0 Å². The molecule has 2 aliphatic rings. The minimum absolute atomic E-state index is 0.0309. The van der Waals surface area contributed by atoms with Gasteiger partial charge in [0.05, 0.1) is 17.4 Å². The number of hydrogen-bond acceptors (Lipinski definition) is 4. The van der Waals surface area contributed by atoms with Crippen molar-refractivity contribution in [2.75, 3.05) is 6.54 Å². The van der Waals surface area contributed by atoms with Crippen LogP contribution in [0.1, 0.15) is 46.8 Å². The van der Waals surface area contributed by atoms with Crippen molar-refractivity contribution in [1.29, 1.82) is 0 Å². The first kappa shape index (κ1) is 18.7. The number of aliphatic imine (C=N–C) groups is 1. The molecule has 1 amide bonds. The number of amides is 1. The van der Waals surface area contributed by atoms with Crippen molar-refractivity contribution in [3.8, 4) is 11.1 Å². The summed E-state index contributed by atoms with van der Waals surface area (Å²) >= 11 is 0. The van der Waals surface area contributed by atoms with E-state index in [-0.39, 0.29) is 5.91 Å². The van der Waals surface area contributed by atoms with E-state index in [0.717, 1.165) is 43.5 Å². The van der Waals surface area contributed by atoms with E-state index >= 15 is 0 Å². The summed E-state index contributed by atoms with van der Waals surface area (Å²) < 4.78 is 1.67. The fourth-order valence-electron chi connectivity index (χ4n) is 4.47. The number of carbonyl (C=O) groups excluding carboxylic acids is 1. The Hall–Kier alpha value is -3.28. The third kappa shape index (κ3) is 3.43. The Labute approximate surface area is 176 Å². The van der Waals surface area contributed by atoms with Crippen molar-refractivity contribution in [3.05, 3.63) is 65.2 Å². The largest absolute Gasteiger partial charge is 0.334 e. The molecule has 0 atom stereocenters. The van der Waals surface area contributed by atoms with E-state index < -0.39 is 0 Å². The van der Waals surface area contributed by atoms with Gasteiger partial charge in [0, 0.05) is 50.0 Å². The van der Waals surface area contributed by atoms with Gasteiger partial charge in [-0.05, 0) is 67.0 Å². The Bertz CT molecular complexity index is 1160. The van der Waals surface area contributed by atoms with Gasteiger partial charge in [-0.15, -0.1) is 0 Å². The Morgan fingerprint density at radius 3 is 2.80 bits per heavy atom. The van der Waals surface area contributed by atoms with Gasteiger partial charge in [-0.3, -0.25) is 19.5 Å². The van der Waals surface area contributed by atoms with Gasteiger partial charge in [0.15, 0.2) is 0 Å². The lowest BCUT2D eigenvalue weighted by Crippen LogP contribution is -2.30. The van der Waals surface area contributed by atoms with Gasteiger partial charge in [-0.25, -0.2) is 0 Å². The summed E-state index contributed by atoms with van der Waals surface area (Å²) in [5, 5.41) is 4.14. The van der Waals surface area contributed by atoms with Crippen molar-refractivity contribution in [3.63, 3.8) is 0 Å². The van der Waals surface area contributed by atoms with Crippen LogP contribution < -0.4 is 0 Å². The number of rotatable bonds is 2. The number of carbonyl (C=O) groups is 1. The van der Waals surface area contributed by atoms with Gasteiger partial charge in [-0.2, -0.15) is 5.10 Å². The Morgan fingerprint density at radius 1 is 1.07 bits per heavy atom. The van der Waals surface area contributed by atoms with E-state index in [1.165, 1.54) is 28.0 Å². The summed E-state index contributed by atoms with van der Waals surface area (Å²) in [6.07, 6.45) is 11.2. The Balaban J connectivity index is 1.48. The maximum Gasteiger partial charge on any atom is 0.257 e. The van der Waals surface area contributed by atoms with Crippen LogP contribution in [0.25, 0.3) is 11.1 Å². The molecule has 2 aliphatic heterocycles. The lowest BCUT2D eigenvalue weighted by molar-refractivity contribution is 0.0745. The molecule has 0 unspecified atom stereocenters. The minimum atomic E-state index is 0.0309. The molecule has 0 radical (unpaired) electrons.